The van der Waals surface area contributed by atoms with Gasteiger partial charge in [0.1, 0.15) is 5.78 Å². The number of carboxylic acids is 1. The van der Waals surface area contributed by atoms with Gasteiger partial charge >= 0.3 is 5.97 Å². The number of aliphatic hydroxyl groups is 1. The molecule has 16 heavy (non-hydrogen) atoms. The third kappa shape index (κ3) is 5.66. The van der Waals surface area contributed by atoms with Gasteiger partial charge in [-0.15, -0.1) is 0 Å². The minimum atomic E-state index is -0.871. The average molecular weight is 228 g/mol. The van der Waals surface area contributed by atoms with Gasteiger partial charge in [0.2, 0.25) is 0 Å². The predicted molar refractivity (Wildman–Crippen MR) is 61.0 cm³/mol. The summed E-state index contributed by atoms with van der Waals surface area (Å²) in [5.41, 5.74) is 0. The van der Waals surface area contributed by atoms with Crippen LogP contribution in [0.4, 0.5) is 0 Å². The second-order valence-electron chi connectivity index (χ2n) is 4.06. The standard InChI is InChI=1S/C12H20O4/c1-4-10(13)9(3)11(14)6-5-8(2)7-12(15)16/h5-6,8-9,11,14H,4,7H2,1-3H3,(H,15,16)/b6-5+/t8-,9-,11+/m1/s1. The highest BCUT2D eigenvalue weighted by atomic mass is 16.4. The van der Waals surface area contributed by atoms with Gasteiger partial charge in [0, 0.05) is 12.3 Å². The third-order valence-electron chi connectivity index (χ3n) is 2.50. The maximum Gasteiger partial charge on any atom is 0.303 e. The molecule has 92 valence electrons. The first-order valence-corrected chi connectivity index (χ1v) is 5.49. The molecule has 0 saturated carbocycles. The molecule has 0 bridgehead atoms. The summed E-state index contributed by atoms with van der Waals surface area (Å²) in [6.07, 6.45) is 2.74. The van der Waals surface area contributed by atoms with Crippen LogP contribution >= 0.6 is 0 Å². The van der Waals surface area contributed by atoms with E-state index in [9.17, 15) is 14.7 Å². The molecule has 0 aliphatic carbocycles. The number of allylic oxidation sites excluding steroid dienone is 1. The van der Waals surface area contributed by atoms with Gasteiger partial charge in [0.05, 0.1) is 12.5 Å². The van der Waals surface area contributed by atoms with E-state index in [1.54, 1.807) is 26.8 Å². The number of Topliss-reactive ketones (excluding diaryl/α,β-unsaturated/α-hetero) is 1. The third-order valence-corrected chi connectivity index (χ3v) is 2.50. The molecular weight excluding hydrogens is 208 g/mol. The molecule has 0 heterocycles. The molecule has 0 aromatic carbocycles. The first-order chi connectivity index (χ1) is 7.38. The molecule has 0 aromatic heterocycles. The van der Waals surface area contributed by atoms with Gasteiger partial charge in [-0.05, 0) is 5.92 Å². The molecule has 0 saturated heterocycles. The number of rotatable bonds is 7. The largest absolute Gasteiger partial charge is 0.481 e. The Bertz CT molecular complexity index is 270. The van der Waals surface area contributed by atoms with Gasteiger partial charge in [0.15, 0.2) is 0 Å². The van der Waals surface area contributed by atoms with E-state index < -0.39 is 18.0 Å². The quantitative estimate of drug-likeness (QED) is 0.649. The van der Waals surface area contributed by atoms with Crippen molar-refractivity contribution in [3.63, 3.8) is 0 Å². The Morgan fingerprint density at radius 3 is 2.25 bits per heavy atom. The van der Waals surface area contributed by atoms with Crippen molar-refractivity contribution in [3.05, 3.63) is 12.2 Å². The summed E-state index contributed by atoms with van der Waals surface area (Å²) < 4.78 is 0. The fourth-order valence-corrected chi connectivity index (χ4v) is 1.33. The van der Waals surface area contributed by atoms with E-state index in [1.807, 2.05) is 0 Å². The van der Waals surface area contributed by atoms with Gasteiger partial charge in [-0.25, -0.2) is 0 Å². The topological polar surface area (TPSA) is 74.6 Å². The molecule has 0 aliphatic rings. The lowest BCUT2D eigenvalue weighted by Crippen LogP contribution is -2.23. The zero-order valence-corrected chi connectivity index (χ0v) is 10.0. The van der Waals surface area contributed by atoms with Crippen molar-refractivity contribution in [2.24, 2.45) is 11.8 Å². The summed E-state index contributed by atoms with van der Waals surface area (Å²) in [5.74, 6) is -1.44. The Balaban J connectivity index is 4.21. The van der Waals surface area contributed by atoms with Crippen molar-refractivity contribution in [1.82, 2.24) is 0 Å². The van der Waals surface area contributed by atoms with E-state index in [1.165, 1.54) is 6.08 Å². The van der Waals surface area contributed by atoms with Gasteiger partial charge in [0.25, 0.3) is 0 Å². The highest BCUT2D eigenvalue weighted by Crippen LogP contribution is 2.11. The predicted octanol–water partition coefficient (Wildman–Crippen LogP) is 1.63. The summed E-state index contributed by atoms with van der Waals surface area (Å²) in [4.78, 5) is 21.7. The number of carboxylic acid groups (broad SMARTS) is 1. The van der Waals surface area contributed by atoms with E-state index in [0.29, 0.717) is 6.42 Å². The lowest BCUT2D eigenvalue weighted by atomic mass is 9.96. The Morgan fingerprint density at radius 1 is 1.25 bits per heavy atom. The molecule has 0 aromatic rings. The van der Waals surface area contributed by atoms with E-state index >= 15 is 0 Å². The zero-order valence-electron chi connectivity index (χ0n) is 10.0. The van der Waals surface area contributed by atoms with Gasteiger partial charge in [-0.1, -0.05) is 32.9 Å². The Kier molecular flexibility index (Phi) is 6.65. The number of aliphatic hydroxyl groups excluding tert-OH is 1. The van der Waals surface area contributed by atoms with Crippen LogP contribution in [0.2, 0.25) is 0 Å². The Hall–Kier alpha value is -1.16. The van der Waals surface area contributed by atoms with Crippen molar-refractivity contribution in [3.8, 4) is 0 Å². The normalized spacial score (nSPS) is 17.0. The van der Waals surface area contributed by atoms with Crippen molar-refractivity contribution >= 4 is 11.8 Å². The lowest BCUT2D eigenvalue weighted by Gasteiger charge is -2.13. The summed E-state index contributed by atoms with van der Waals surface area (Å²) in [6.45, 7) is 5.18. The summed E-state index contributed by atoms with van der Waals surface area (Å²) in [5, 5.41) is 18.2. The van der Waals surface area contributed by atoms with Gasteiger partial charge in [-0.3, -0.25) is 9.59 Å². The fraction of sp³-hybridized carbons (Fsp3) is 0.667. The maximum atomic E-state index is 11.3. The maximum absolute atomic E-state index is 11.3. The van der Waals surface area contributed by atoms with Crippen LogP contribution in [0.3, 0.4) is 0 Å². The first kappa shape index (κ1) is 14.8. The number of hydrogen-bond acceptors (Lipinski definition) is 3. The van der Waals surface area contributed by atoms with Crippen molar-refractivity contribution in [2.45, 2.75) is 39.7 Å². The van der Waals surface area contributed by atoms with Crippen molar-refractivity contribution in [1.29, 1.82) is 0 Å². The van der Waals surface area contributed by atoms with Crippen LogP contribution in [-0.4, -0.2) is 28.1 Å². The van der Waals surface area contributed by atoms with E-state index in [2.05, 4.69) is 0 Å². The summed E-state index contributed by atoms with van der Waals surface area (Å²) >= 11 is 0. The van der Waals surface area contributed by atoms with Crippen molar-refractivity contribution in [2.75, 3.05) is 0 Å². The molecule has 4 heteroatoms. The van der Waals surface area contributed by atoms with Crippen LogP contribution in [0.15, 0.2) is 12.2 Å². The summed E-state index contributed by atoms with van der Waals surface area (Å²) in [7, 11) is 0. The number of carbonyl (C=O) groups is 2. The Labute approximate surface area is 96.0 Å². The first-order valence-electron chi connectivity index (χ1n) is 5.49. The number of carbonyl (C=O) groups excluding carboxylic acids is 1. The van der Waals surface area contributed by atoms with E-state index in [4.69, 9.17) is 5.11 Å². The molecule has 2 N–H and O–H groups in total. The Morgan fingerprint density at radius 2 is 1.81 bits per heavy atom. The van der Waals surface area contributed by atoms with Gasteiger partial charge in [-0.2, -0.15) is 0 Å². The fourth-order valence-electron chi connectivity index (χ4n) is 1.33. The van der Waals surface area contributed by atoms with Crippen LogP contribution in [0, 0.1) is 11.8 Å². The van der Waals surface area contributed by atoms with Crippen LogP contribution in [0.25, 0.3) is 0 Å². The molecule has 0 amide bonds. The van der Waals surface area contributed by atoms with Crippen LogP contribution < -0.4 is 0 Å². The number of aliphatic carboxylic acids is 1. The molecule has 0 fully saturated rings. The minimum Gasteiger partial charge on any atom is -0.481 e. The number of hydrogen-bond donors (Lipinski definition) is 2. The minimum absolute atomic E-state index is 0.00281. The highest BCUT2D eigenvalue weighted by molar-refractivity contribution is 5.81. The molecule has 3 atom stereocenters. The van der Waals surface area contributed by atoms with Crippen LogP contribution in [-0.2, 0) is 9.59 Å². The van der Waals surface area contributed by atoms with Crippen LogP contribution in [0.5, 0.6) is 0 Å². The monoisotopic (exact) mass is 228 g/mol. The van der Waals surface area contributed by atoms with Gasteiger partial charge < -0.3 is 10.2 Å². The molecule has 0 radical (unpaired) electrons. The van der Waals surface area contributed by atoms with E-state index in [-0.39, 0.29) is 18.1 Å². The SMILES string of the molecule is CCC(=O)[C@@H](C)[C@@H](O)/C=C/[C@@H](C)CC(=O)O. The second kappa shape index (κ2) is 7.17. The number of ketones is 1. The molecule has 0 aliphatic heterocycles. The molecule has 0 rings (SSSR count). The summed E-state index contributed by atoms with van der Waals surface area (Å²) in [6, 6.07) is 0. The smallest absolute Gasteiger partial charge is 0.303 e. The molecule has 4 nitrogen and oxygen atoms in total. The highest BCUT2D eigenvalue weighted by Gasteiger charge is 2.18. The second-order valence-corrected chi connectivity index (χ2v) is 4.06. The molecule has 0 unspecified atom stereocenters. The van der Waals surface area contributed by atoms with Crippen molar-refractivity contribution < 1.29 is 19.8 Å². The zero-order chi connectivity index (χ0) is 12.7. The van der Waals surface area contributed by atoms with E-state index in [0.717, 1.165) is 0 Å². The molecule has 0 spiro atoms. The molecular formula is C12H20O4. The van der Waals surface area contributed by atoms with Crippen LogP contribution in [0.1, 0.15) is 33.6 Å². The average Bonchev–Trinajstić information content (AvgIpc) is 2.22. The lowest BCUT2D eigenvalue weighted by molar-refractivity contribution is -0.137.